The number of carbonyl (C=O) groups excluding carboxylic acids is 4. The normalized spacial score (nSPS) is 12.8. The van der Waals surface area contributed by atoms with Gasteiger partial charge in [-0.05, 0) is 125 Å². The number of likely N-dealkylation sites (N-methyl/N-ethyl adjacent to an activating group) is 1. The van der Waals surface area contributed by atoms with Crippen molar-refractivity contribution in [1.29, 1.82) is 0 Å². The highest BCUT2D eigenvalue weighted by molar-refractivity contribution is 5.93. The van der Waals surface area contributed by atoms with Crippen LogP contribution in [0.25, 0.3) is 0 Å². The number of hydrogen-bond donors (Lipinski definition) is 0. The number of ether oxygens (including phenoxy) is 5. The number of piperazine rings is 1. The first-order valence-corrected chi connectivity index (χ1v) is 18.0. The molecular weight excluding hydrogens is 676 g/mol. The largest absolute Gasteiger partial charge is 0.494 e. The molecule has 1 aliphatic rings. The summed E-state index contributed by atoms with van der Waals surface area (Å²) in [6.07, 6.45) is 3.30. The van der Waals surface area contributed by atoms with E-state index in [1.54, 1.807) is 12.1 Å². The van der Waals surface area contributed by atoms with Crippen molar-refractivity contribution in [3.63, 3.8) is 0 Å². The van der Waals surface area contributed by atoms with Crippen LogP contribution in [0, 0.1) is 6.92 Å². The van der Waals surface area contributed by atoms with Gasteiger partial charge in [0.25, 0.3) is 0 Å². The van der Waals surface area contributed by atoms with E-state index in [9.17, 15) is 19.2 Å². The average molecular weight is 723 g/mol. The number of nitrogens with zero attached hydrogens (tertiary/aromatic N) is 2. The molecule has 1 aliphatic heterocycles. The molecule has 1 heterocycles. The summed E-state index contributed by atoms with van der Waals surface area (Å²) >= 11 is 0. The van der Waals surface area contributed by atoms with Crippen molar-refractivity contribution in [3.05, 3.63) is 114 Å². The zero-order chi connectivity index (χ0) is 37.4. The van der Waals surface area contributed by atoms with Crippen LogP contribution >= 0.6 is 0 Å². The second-order valence-corrected chi connectivity index (χ2v) is 12.9. The summed E-state index contributed by atoms with van der Waals surface area (Å²) in [6.45, 7) is 6.88. The van der Waals surface area contributed by atoms with Crippen molar-refractivity contribution in [2.45, 2.75) is 45.4 Å². The Bertz CT molecular complexity index is 1780. The lowest BCUT2D eigenvalue weighted by atomic mass is 10.2. The molecule has 0 amide bonds. The Morgan fingerprint density at radius 3 is 1.57 bits per heavy atom. The third-order valence-electron chi connectivity index (χ3n) is 8.66. The van der Waals surface area contributed by atoms with Crippen molar-refractivity contribution >= 4 is 29.6 Å². The zero-order valence-electron chi connectivity index (χ0n) is 30.3. The third-order valence-corrected chi connectivity index (χ3v) is 8.66. The van der Waals surface area contributed by atoms with Gasteiger partial charge in [0, 0.05) is 31.9 Å². The summed E-state index contributed by atoms with van der Waals surface area (Å²) in [6, 6.07) is 27.3. The van der Waals surface area contributed by atoms with E-state index in [1.165, 1.54) is 54.1 Å². The molecule has 0 unspecified atom stereocenters. The number of aryl methyl sites for hydroxylation is 1. The smallest absolute Gasteiger partial charge is 0.343 e. The molecule has 11 heteroatoms. The van der Waals surface area contributed by atoms with Crippen LogP contribution in [0.15, 0.2) is 97.1 Å². The summed E-state index contributed by atoms with van der Waals surface area (Å²) < 4.78 is 27.2. The number of hydrogen-bond acceptors (Lipinski definition) is 11. The molecular formula is C42H46N2O9. The van der Waals surface area contributed by atoms with Gasteiger partial charge in [-0.15, -0.1) is 0 Å². The molecule has 0 aliphatic carbocycles. The molecule has 0 saturated carbocycles. The van der Waals surface area contributed by atoms with Gasteiger partial charge in [-0.1, -0.05) is 17.7 Å². The number of rotatable bonds is 17. The van der Waals surface area contributed by atoms with E-state index >= 15 is 0 Å². The molecule has 0 radical (unpaired) electrons. The molecule has 0 bridgehead atoms. The van der Waals surface area contributed by atoms with E-state index in [4.69, 9.17) is 23.7 Å². The van der Waals surface area contributed by atoms with Gasteiger partial charge in [-0.2, -0.15) is 0 Å². The predicted molar refractivity (Wildman–Crippen MR) is 200 cm³/mol. The van der Waals surface area contributed by atoms with Crippen LogP contribution in [0.4, 0.5) is 5.69 Å². The molecule has 0 N–H and O–H groups in total. The fraction of sp³-hybridized carbons (Fsp3) is 0.333. The van der Waals surface area contributed by atoms with Crippen molar-refractivity contribution in [2.24, 2.45) is 0 Å². The average Bonchev–Trinajstić information content (AvgIpc) is 3.17. The summed E-state index contributed by atoms with van der Waals surface area (Å²) in [5.74, 6) is -0.435. The first-order chi connectivity index (χ1) is 25.7. The van der Waals surface area contributed by atoms with Crippen molar-refractivity contribution in [3.8, 4) is 23.0 Å². The van der Waals surface area contributed by atoms with Crippen molar-refractivity contribution < 1.29 is 42.9 Å². The van der Waals surface area contributed by atoms with Gasteiger partial charge in [0.1, 0.15) is 23.0 Å². The van der Waals surface area contributed by atoms with Crippen LogP contribution in [-0.2, 0) is 14.3 Å². The van der Waals surface area contributed by atoms with Gasteiger partial charge in [-0.25, -0.2) is 9.59 Å². The standard InChI is InChI=1S/C42H46N2O9/c1-31-7-15-35(16-8-31)49-29-5-3-4-6-30-50-39(45)23-24-40(46)51-36-17-9-32(10-18-36)41(47)52-37-19-11-33(12-20-37)42(48)53-38-21-13-34(14-22-38)44-27-25-43(2)26-28-44/h7-22H,3-6,23-30H2,1-2H3. The van der Waals surface area contributed by atoms with Crippen LogP contribution in [0.2, 0.25) is 0 Å². The summed E-state index contributed by atoms with van der Waals surface area (Å²) in [5, 5.41) is 0. The number of anilines is 1. The number of unbranched alkanes of at least 4 members (excludes halogenated alkanes) is 3. The SMILES string of the molecule is Cc1ccc(OCCCCCCOC(=O)CCC(=O)Oc2ccc(C(=O)Oc3ccc(C(=O)Oc4ccc(N5CCN(C)CC5)cc4)cc3)cc2)cc1. The number of carbonyl (C=O) groups is 4. The summed E-state index contributed by atoms with van der Waals surface area (Å²) in [7, 11) is 2.11. The third kappa shape index (κ3) is 12.8. The van der Waals surface area contributed by atoms with Crippen LogP contribution in [0.3, 0.4) is 0 Å². The molecule has 4 aromatic carbocycles. The van der Waals surface area contributed by atoms with E-state index in [2.05, 4.69) is 16.8 Å². The molecule has 0 aromatic heterocycles. The monoisotopic (exact) mass is 722 g/mol. The second-order valence-electron chi connectivity index (χ2n) is 12.9. The lowest BCUT2D eigenvalue weighted by Crippen LogP contribution is -2.44. The maximum absolute atomic E-state index is 12.7. The Kier molecular flexibility index (Phi) is 14.4. The number of esters is 4. The van der Waals surface area contributed by atoms with Gasteiger partial charge in [0.15, 0.2) is 0 Å². The van der Waals surface area contributed by atoms with Gasteiger partial charge >= 0.3 is 23.9 Å². The number of benzene rings is 4. The Morgan fingerprint density at radius 2 is 1.00 bits per heavy atom. The van der Waals surface area contributed by atoms with Crippen molar-refractivity contribution in [1.82, 2.24) is 4.90 Å². The topological polar surface area (TPSA) is 121 Å². The maximum Gasteiger partial charge on any atom is 0.343 e. The van der Waals surface area contributed by atoms with Crippen LogP contribution in [-0.4, -0.2) is 75.2 Å². The fourth-order valence-electron chi connectivity index (χ4n) is 5.47. The summed E-state index contributed by atoms with van der Waals surface area (Å²) in [5.41, 5.74) is 2.82. The fourth-order valence-corrected chi connectivity index (χ4v) is 5.47. The Labute approximate surface area is 310 Å². The second kappa shape index (κ2) is 19.8. The lowest BCUT2D eigenvalue weighted by molar-refractivity contribution is -0.147. The molecule has 1 saturated heterocycles. The minimum Gasteiger partial charge on any atom is -0.494 e. The minimum atomic E-state index is -0.628. The first-order valence-electron chi connectivity index (χ1n) is 18.0. The van der Waals surface area contributed by atoms with Crippen molar-refractivity contribution in [2.75, 3.05) is 51.3 Å². The Balaban J connectivity index is 0.943. The molecule has 0 spiro atoms. The molecule has 1 fully saturated rings. The van der Waals surface area contributed by atoms with Gasteiger partial charge in [-0.3, -0.25) is 9.59 Å². The first kappa shape index (κ1) is 38.5. The highest BCUT2D eigenvalue weighted by Gasteiger charge is 2.16. The van der Waals surface area contributed by atoms with E-state index in [0.29, 0.717) is 24.5 Å². The molecule has 11 nitrogen and oxygen atoms in total. The van der Waals surface area contributed by atoms with E-state index in [0.717, 1.165) is 63.3 Å². The van der Waals surface area contributed by atoms with Gasteiger partial charge < -0.3 is 33.5 Å². The maximum atomic E-state index is 12.7. The molecule has 5 rings (SSSR count). The van der Waals surface area contributed by atoms with Gasteiger partial charge in [0.2, 0.25) is 0 Å². The zero-order valence-corrected chi connectivity index (χ0v) is 30.3. The predicted octanol–water partition coefficient (Wildman–Crippen LogP) is 7.05. The molecule has 278 valence electrons. The Morgan fingerprint density at radius 1 is 0.528 bits per heavy atom. The Hall–Kier alpha value is -5.68. The van der Waals surface area contributed by atoms with Crippen LogP contribution in [0.1, 0.15) is 64.8 Å². The van der Waals surface area contributed by atoms with E-state index < -0.39 is 23.9 Å². The van der Waals surface area contributed by atoms with Crippen LogP contribution < -0.4 is 23.8 Å². The van der Waals surface area contributed by atoms with Crippen LogP contribution in [0.5, 0.6) is 23.0 Å². The molecule has 4 aromatic rings. The summed E-state index contributed by atoms with van der Waals surface area (Å²) in [4.78, 5) is 54.3. The quantitative estimate of drug-likeness (QED) is 0.0633. The molecule has 53 heavy (non-hydrogen) atoms. The molecule has 0 atom stereocenters. The highest BCUT2D eigenvalue weighted by Crippen LogP contribution is 2.23. The highest BCUT2D eigenvalue weighted by atomic mass is 16.5. The van der Waals surface area contributed by atoms with Gasteiger partial charge in [0.05, 0.1) is 37.2 Å². The van der Waals surface area contributed by atoms with E-state index in [-0.39, 0.29) is 29.9 Å². The lowest BCUT2D eigenvalue weighted by Gasteiger charge is -2.34. The minimum absolute atomic E-state index is 0.0889. The van der Waals surface area contributed by atoms with E-state index in [1.807, 2.05) is 43.3 Å².